The average molecular weight is 252 g/mol. The Hall–Kier alpha value is -0.820. The molecule has 0 radical (unpaired) electrons. The highest BCUT2D eigenvalue weighted by atomic mass is 32.1. The summed E-state index contributed by atoms with van der Waals surface area (Å²) in [4.78, 5) is 1.17. The Morgan fingerprint density at radius 1 is 1.41 bits per heavy atom. The third-order valence-electron chi connectivity index (χ3n) is 2.62. The zero-order chi connectivity index (χ0) is 12.7. The Labute approximate surface area is 108 Å². The van der Waals surface area contributed by atoms with Crippen molar-refractivity contribution in [2.45, 2.75) is 39.9 Å². The number of hydrogen-bond acceptors (Lipinski definition) is 3. The molecule has 0 aliphatic carbocycles. The molecule has 94 valence electrons. The van der Waals surface area contributed by atoms with Crippen molar-refractivity contribution >= 4 is 11.3 Å². The highest BCUT2D eigenvalue weighted by Gasteiger charge is 2.09. The van der Waals surface area contributed by atoms with Gasteiger partial charge in [0.1, 0.15) is 0 Å². The molecule has 1 atom stereocenters. The second-order valence-corrected chi connectivity index (χ2v) is 5.29. The monoisotopic (exact) mass is 252 g/mol. The highest BCUT2D eigenvalue weighted by Crippen LogP contribution is 2.18. The summed E-state index contributed by atoms with van der Waals surface area (Å²) in [6.07, 6.45) is 0.786. The fourth-order valence-electron chi connectivity index (χ4n) is 1.18. The molecular formula is C14H20O2S. The molecule has 1 N–H and O–H groups in total. The van der Waals surface area contributed by atoms with Crippen LogP contribution < -0.4 is 0 Å². The van der Waals surface area contributed by atoms with Crippen molar-refractivity contribution in [3.05, 3.63) is 21.9 Å². The van der Waals surface area contributed by atoms with E-state index in [1.807, 2.05) is 11.4 Å². The Bertz CT molecular complexity index is 384. The van der Waals surface area contributed by atoms with Crippen LogP contribution in [0.2, 0.25) is 0 Å². The first-order valence-electron chi connectivity index (χ1n) is 5.92. The number of ether oxygens (including phenoxy) is 1. The fourth-order valence-corrected chi connectivity index (χ4v) is 1.93. The minimum atomic E-state index is 0.118. The van der Waals surface area contributed by atoms with Gasteiger partial charge in [-0.05, 0) is 24.3 Å². The van der Waals surface area contributed by atoms with Crippen molar-refractivity contribution in [2.75, 3.05) is 6.61 Å². The summed E-state index contributed by atoms with van der Waals surface area (Å²) >= 11 is 1.67. The normalized spacial score (nSPS) is 12.3. The molecule has 1 unspecified atom stereocenters. The smallest absolute Gasteiger partial charge is 0.0825 e. The van der Waals surface area contributed by atoms with E-state index in [1.165, 1.54) is 4.88 Å². The minimum Gasteiger partial charge on any atom is -0.395 e. The van der Waals surface area contributed by atoms with Crippen LogP contribution in [0.3, 0.4) is 0 Å². The topological polar surface area (TPSA) is 29.5 Å². The van der Waals surface area contributed by atoms with Crippen LogP contribution in [0.4, 0.5) is 0 Å². The van der Waals surface area contributed by atoms with E-state index >= 15 is 0 Å². The molecular weight excluding hydrogens is 232 g/mol. The molecule has 0 aliphatic rings. The molecule has 0 aliphatic heterocycles. The maximum absolute atomic E-state index is 8.68. The zero-order valence-corrected chi connectivity index (χ0v) is 11.5. The molecule has 0 amide bonds. The van der Waals surface area contributed by atoms with E-state index < -0.39 is 0 Å². The van der Waals surface area contributed by atoms with Crippen LogP contribution in [0.15, 0.2) is 11.4 Å². The third kappa shape index (κ3) is 4.91. The van der Waals surface area contributed by atoms with Crippen molar-refractivity contribution in [3.8, 4) is 11.8 Å². The Kier molecular flexibility index (Phi) is 6.28. The largest absolute Gasteiger partial charge is 0.395 e. The van der Waals surface area contributed by atoms with Gasteiger partial charge in [-0.15, -0.1) is 11.3 Å². The van der Waals surface area contributed by atoms with E-state index in [0.717, 1.165) is 5.56 Å². The van der Waals surface area contributed by atoms with Gasteiger partial charge >= 0.3 is 0 Å². The van der Waals surface area contributed by atoms with Gasteiger partial charge in [0.05, 0.1) is 19.3 Å². The summed E-state index contributed by atoms with van der Waals surface area (Å²) in [6, 6.07) is 2.01. The summed E-state index contributed by atoms with van der Waals surface area (Å²) < 4.78 is 5.79. The summed E-state index contributed by atoms with van der Waals surface area (Å²) in [5, 5.41) is 10.7. The Morgan fingerprint density at radius 3 is 2.82 bits per heavy atom. The minimum absolute atomic E-state index is 0.118. The van der Waals surface area contributed by atoms with Gasteiger partial charge in [-0.3, -0.25) is 0 Å². The Morgan fingerprint density at radius 2 is 2.18 bits per heavy atom. The van der Waals surface area contributed by atoms with E-state index in [1.54, 1.807) is 11.3 Å². The highest BCUT2D eigenvalue weighted by molar-refractivity contribution is 7.10. The first-order valence-corrected chi connectivity index (χ1v) is 6.80. The lowest BCUT2D eigenvalue weighted by Crippen LogP contribution is -2.14. The standard InChI is InChI=1S/C14H20O2S/c1-11(2)12(3)16-10-14-13(7-9-17-14)6-4-5-8-15/h7,9,11-12,15H,5,8,10H2,1-3H3. The second kappa shape index (κ2) is 7.50. The molecule has 1 rings (SSSR count). The number of aliphatic hydroxyl groups is 1. The lowest BCUT2D eigenvalue weighted by atomic mass is 10.1. The summed E-state index contributed by atoms with van der Waals surface area (Å²) in [7, 11) is 0. The van der Waals surface area contributed by atoms with Gasteiger partial charge in [0.15, 0.2) is 0 Å². The maximum atomic E-state index is 8.68. The van der Waals surface area contributed by atoms with E-state index in [0.29, 0.717) is 18.9 Å². The molecule has 0 aromatic carbocycles. The van der Waals surface area contributed by atoms with E-state index in [4.69, 9.17) is 9.84 Å². The van der Waals surface area contributed by atoms with Gasteiger partial charge < -0.3 is 9.84 Å². The fraction of sp³-hybridized carbons (Fsp3) is 0.571. The van der Waals surface area contributed by atoms with Gasteiger partial charge in [0.2, 0.25) is 0 Å². The van der Waals surface area contributed by atoms with Crippen LogP contribution in [-0.2, 0) is 11.3 Å². The van der Waals surface area contributed by atoms with Gasteiger partial charge in [0, 0.05) is 16.9 Å². The van der Waals surface area contributed by atoms with Crippen LogP contribution in [0, 0.1) is 17.8 Å². The van der Waals surface area contributed by atoms with E-state index in [2.05, 4.69) is 32.6 Å². The van der Waals surface area contributed by atoms with Crippen LogP contribution in [0.1, 0.15) is 37.6 Å². The van der Waals surface area contributed by atoms with Crippen molar-refractivity contribution in [1.82, 2.24) is 0 Å². The summed E-state index contributed by atoms with van der Waals surface area (Å²) in [5.41, 5.74) is 1.03. The predicted molar refractivity (Wildman–Crippen MR) is 72.0 cm³/mol. The number of rotatable bonds is 5. The summed E-state index contributed by atoms with van der Waals surface area (Å²) in [5.74, 6) is 6.53. The molecule has 1 aromatic rings. The van der Waals surface area contributed by atoms with Crippen molar-refractivity contribution in [3.63, 3.8) is 0 Å². The molecule has 1 heterocycles. The lowest BCUT2D eigenvalue weighted by Gasteiger charge is -2.15. The van der Waals surface area contributed by atoms with Crippen LogP contribution >= 0.6 is 11.3 Å². The van der Waals surface area contributed by atoms with Crippen LogP contribution in [-0.4, -0.2) is 17.8 Å². The molecule has 0 spiro atoms. The molecule has 0 fully saturated rings. The third-order valence-corrected chi connectivity index (χ3v) is 3.52. The second-order valence-electron chi connectivity index (χ2n) is 4.29. The zero-order valence-electron chi connectivity index (χ0n) is 10.7. The van der Waals surface area contributed by atoms with Crippen LogP contribution in [0.25, 0.3) is 0 Å². The molecule has 0 saturated carbocycles. The first-order chi connectivity index (χ1) is 8.15. The van der Waals surface area contributed by atoms with Crippen molar-refractivity contribution in [1.29, 1.82) is 0 Å². The molecule has 0 bridgehead atoms. The Balaban J connectivity index is 2.55. The van der Waals surface area contributed by atoms with Gasteiger partial charge in [0.25, 0.3) is 0 Å². The van der Waals surface area contributed by atoms with Gasteiger partial charge in [-0.25, -0.2) is 0 Å². The molecule has 17 heavy (non-hydrogen) atoms. The van der Waals surface area contributed by atoms with Gasteiger partial charge in [-0.1, -0.05) is 25.7 Å². The van der Waals surface area contributed by atoms with Crippen molar-refractivity contribution in [2.24, 2.45) is 5.92 Å². The SMILES string of the molecule is CC(C)C(C)OCc1sccc1C#CCCO. The predicted octanol–water partition coefficient (Wildman–Crippen LogP) is 3.04. The quantitative estimate of drug-likeness (QED) is 0.816. The molecule has 1 aromatic heterocycles. The summed E-state index contributed by atoms with van der Waals surface area (Å²) in [6.45, 7) is 7.14. The first kappa shape index (κ1) is 14.2. The van der Waals surface area contributed by atoms with E-state index in [-0.39, 0.29) is 12.7 Å². The average Bonchev–Trinajstić information content (AvgIpc) is 2.74. The van der Waals surface area contributed by atoms with Gasteiger partial charge in [-0.2, -0.15) is 0 Å². The van der Waals surface area contributed by atoms with Crippen molar-refractivity contribution < 1.29 is 9.84 Å². The molecule has 2 nitrogen and oxygen atoms in total. The maximum Gasteiger partial charge on any atom is 0.0825 e. The number of aliphatic hydroxyl groups excluding tert-OH is 1. The molecule has 3 heteroatoms. The van der Waals surface area contributed by atoms with Crippen LogP contribution in [0.5, 0.6) is 0 Å². The molecule has 0 saturated heterocycles. The number of hydrogen-bond donors (Lipinski definition) is 1. The van der Waals surface area contributed by atoms with E-state index in [9.17, 15) is 0 Å². The number of thiophene rings is 1. The lowest BCUT2D eigenvalue weighted by molar-refractivity contribution is 0.0248.